The number of hydrogen-bond acceptors (Lipinski definition) is 8. The third kappa shape index (κ3) is 5.11. The average Bonchev–Trinajstić information content (AvgIpc) is 3.14. The fourth-order valence-corrected chi connectivity index (χ4v) is 4.50. The molecule has 1 aromatic carbocycles. The summed E-state index contributed by atoms with van der Waals surface area (Å²) in [6.45, 7) is 2.63. The molecular formula is C21H21N3O7S. The molecule has 0 saturated heterocycles. The van der Waals surface area contributed by atoms with E-state index in [1.165, 1.54) is 53.7 Å². The Morgan fingerprint density at radius 3 is 2.81 bits per heavy atom. The molecule has 0 bridgehead atoms. The van der Waals surface area contributed by atoms with Crippen molar-refractivity contribution in [2.45, 2.75) is 19.9 Å². The Morgan fingerprint density at radius 2 is 2.12 bits per heavy atom. The van der Waals surface area contributed by atoms with Gasteiger partial charge in [-0.25, -0.2) is 9.59 Å². The second-order valence-corrected chi connectivity index (χ2v) is 7.85. The lowest BCUT2D eigenvalue weighted by molar-refractivity contribution is -0.384. The van der Waals surface area contributed by atoms with E-state index in [1.807, 2.05) is 0 Å². The van der Waals surface area contributed by atoms with Crippen molar-refractivity contribution >= 4 is 46.1 Å². The van der Waals surface area contributed by atoms with Crippen molar-refractivity contribution in [3.05, 3.63) is 62.0 Å². The summed E-state index contributed by atoms with van der Waals surface area (Å²) in [6.07, 6.45) is 2.66. The summed E-state index contributed by atoms with van der Waals surface area (Å²) in [5.41, 5.74) is 1.41. The van der Waals surface area contributed by atoms with E-state index in [1.54, 1.807) is 13.0 Å². The molecule has 0 atom stereocenters. The summed E-state index contributed by atoms with van der Waals surface area (Å²) in [5.74, 6) is -1.09. The number of amides is 2. The SMILES string of the molecule is CCOC(=O)N1CCc2c(sc(NC(=O)/C=C/c3cccc([N+](=O)[O-])c3)c2C(=O)OC)C1. The van der Waals surface area contributed by atoms with Crippen molar-refractivity contribution in [3.8, 4) is 0 Å². The minimum atomic E-state index is -0.579. The van der Waals surface area contributed by atoms with E-state index in [2.05, 4.69) is 5.32 Å². The van der Waals surface area contributed by atoms with Gasteiger partial charge < -0.3 is 19.7 Å². The Hall–Kier alpha value is -3.73. The van der Waals surface area contributed by atoms with Crippen molar-refractivity contribution in [2.24, 2.45) is 0 Å². The molecule has 1 N–H and O–H groups in total. The molecule has 1 aromatic heterocycles. The lowest BCUT2D eigenvalue weighted by atomic mass is 10.0. The number of carbonyl (C=O) groups excluding carboxylic acids is 3. The maximum atomic E-state index is 12.5. The number of carbonyl (C=O) groups is 3. The van der Waals surface area contributed by atoms with Crippen molar-refractivity contribution in [1.82, 2.24) is 4.90 Å². The Kier molecular flexibility index (Phi) is 7.21. The van der Waals surface area contributed by atoms with Gasteiger partial charge in [0.1, 0.15) is 5.00 Å². The van der Waals surface area contributed by atoms with Crippen LogP contribution in [-0.4, -0.2) is 48.1 Å². The number of ether oxygens (including phenoxy) is 2. The van der Waals surface area contributed by atoms with Gasteiger partial charge in [-0.2, -0.15) is 0 Å². The molecule has 0 spiro atoms. The quantitative estimate of drug-likeness (QED) is 0.302. The summed E-state index contributed by atoms with van der Waals surface area (Å²) in [6, 6.07) is 5.85. The lowest BCUT2D eigenvalue weighted by Crippen LogP contribution is -2.36. The van der Waals surface area contributed by atoms with Crippen LogP contribution in [0.4, 0.5) is 15.5 Å². The van der Waals surface area contributed by atoms with Gasteiger partial charge in [0.05, 0.1) is 30.7 Å². The molecule has 0 saturated carbocycles. The van der Waals surface area contributed by atoms with E-state index in [0.29, 0.717) is 23.5 Å². The van der Waals surface area contributed by atoms with E-state index in [0.717, 1.165) is 10.4 Å². The highest BCUT2D eigenvalue weighted by atomic mass is 32.1. The molecule has 1 aliphatic rings. The first kappa shape index (κ1) is 22.9. The molecule has 0 fully saturated rings. The number of non-ortho nitro benzene ring substituents is 1. The molecule has 10 nitrogen and oxygen atoms in total. The summed E-state index contributed by atoms with van der Waals surface area (Å²) >= 11 is 1.20. The third-order valence-corrected chi connectivity index (χ3v) is 5.85. The second-order valence-electron chi connectivity index (χ2n) is 6.74. The molecule has 32 heavy (non-hydrogen) atoms. The van der Waals surface area contributed by atoms with Gasteiger partial charge in [0.2, 0.25) is 5.91 Å². The van der Waals surface area contributed by atoms with Crippen LogP contribution in [0.5, 0.6) is 0 Å². The van der Waals surface area contributed by atoms with Crippen LogP contribution in [0, 0.1) is 10.1 Å². The first-order chi connectivity index (χ1) is 15.3. The summed E-state index contributed by atoms with van der Waals surface area (Å²) < 4.78 is 9.93. The number of methoxy groups -OCH3 is 1. The van der Waals surface area contributed by atoms with Crippen LogP contribution in [0.25, 0.3) is 6.08 Å². The number of esters is 1. The highest BCUT2D eigenvalue weighted by molar-refractivity contribution is 7.17. The molecule has 0 unspecified atom stereocenters. The van der Waals surface area contributed by atoms with E-state index in [9.17, 15) is 24.5 Å². The number of benzene rings is 1. The summed E-state index contributed by atoms with van der Waals surface area (Å²) in [5, 5.41) is 13.9. The largest absolute Gasteiger partial charge is 0.465 e. The van der Waals surface area contributed by atoms with Gasteiger partial charge in [-0.3, -0.25) is 14.9 Å². The zero-order valence-electron chi connectivity index (χ0n) is 17.5. The summed E-state index contributed by atoms with van der Waals surface area (Å²) in [4.78, 5) is 49.6. The number of hydrogen-bond donors (Lipinski definition) is 1. The van der Waals surface area contributed by atoms with Gasteiger partial charge in [-0.15, -0.1) is 11.3 Å². The Bertz CT molecular complexity index is 1090. The number of thiophene rings is 1. The van der Waals surface area contributed by atoms with Gasteiger partial charge in [-0.05, 0) is 30.5 Å². The first-order valence-electron chi connectivity index (χ1n) is 9.72. The summed E-state index contributed by atoms with van der Waals surface area (Å²) in [7, 11) is 1.26. The van der Waals surface area contributed by atoms with Gasteiger partial charge in [0.25, 0.3) is 5.69 Å². The second kappa shape index (κ2) is 10.1. The topological polar surface area (TPSA) is 128 Å². The molecule has 11 heteroatoms. The Labute approximate surface area is 187 Å². The monoisotopic (exact) mass is 459 g/mol. The molecule has 168 valence electrons. The zero-order valence-corrected chi connectivity index (χ0v) is 18.3. The number of rotatable bonds is 6. The number of nitrogens with zero attached hydrogens (tertiary/aromatic N) is 2. The average molecular weight is 459 g/mol. The predicted molar refractivity (Wildman–Crippen MR) is 118 cm³/mol. The molecule has 2 heterocycles. The molecular weight excluding hydrogens is 438 g/mol. The van der Waals surface area contributed by atoms with Crippen LogP contribution in [0.2, 0.25) is 0 Å². The fraction of sp³-hybridized carbons (Fsp3) is 0.286. The third-order valence-electron chi connectivity index (χ3n) is 4.72. The van der Waals surface area contributed by atoms with Crippen molar-refractivity contribution in [3.63, 3.8) is 0 Å². The van der Waals surface area contributed by atoms with Crippen molar-refractivity contribution in [2.75, 3.05) is 25.6 Å². The number of nitro benzene ring substituents is 1. The number of fused-ring (bicyclic) bond motifs is 1. The van der Waals surface area contributed by atoms with Gasteiger partial charge >= 0.3 is 12.1 Å². The highest BCUT2D eigenvalue weighted by Gasteiger charge is 2.31. The molecule has 0 aliphatic carbocycles. The highest BCUT2D eigenvalue weighted by Crippen LogP contribution is 2.37. The van der Waals surface area contributed by atoms with Crippen LogP contribution in [0.3, 0.4) is 0 Å². The van der Waals surface area contributed by atoms with Gasteiger partial charge in [0, 0.05) is 29.6 Å². The van der Waals surface area contributed by atoms with Crippen LogP contribution in [0.1, 0.15) is 33.3 Å². The van der Waals surface area contributed by atoms with Gasteiger partial charge in [-0.1, -0.05) is 12.1 Å². The maximum absolute atomic E-state index is 12.5. The number of nitrogens with one attached hydrogen (secondary N) is 1. The molecule has 2 aromatic rings. The van der Waals surface area contributed by atoms with Crippen LogP contribution in [-0.2, 0) is 27.2 Å². The normalized spacial score (nSPS) is 12.9. The van der Waals surface area contributed by atoms with Crippen LogP contribution >= 0.6 is 11.3 Å². The van der Waals surface area contributed by atoms with E-state index < -0.39 is 22.9 Å². The number of anilines is 1. The smallest absolute Gasteiger partial charge is 0.410 e. The molecule has 1 aliphatic heterocycles. The maximum Gasteiger partial charge on any atom is 0.410 e. The minimum absolute atomic E-state index is 0.0855. The zero-order chi connectivity index (χ0) is 23.3. The molecule has 0 radical (unpaired) electrons. The molecule has 3 rings (SSSR count). The van der Waals surface area contributed by atoms with Crippen molar-refractivity contribution < 1.29 is 28.8 Å². The Balaban J connectivity index is 1.81. The van der Waals surface area contributed by atoms with Crippen LogP contribution in [0.15, 0.2) is 30.3 Å². The van der Waals surface area contributed by atoms with Crippen molar-refractivity contribution in [1.29, 1.82) is 0 Å². The van der Waals surface area contributed by atoms with Gasteiger partial charge in [0.15, 0.2) is 0 Å². The standard InChI is InChI=1S/C21H21N3O7S/c1-3-31-21(27)23-10-9-15-16(12-23)32-19(18(15)20(26)30-2)22-17(25)8-7-13-5-4-6-14(11-13)24(28)29/h4-8,11H,3,9-10,12H2,1-2H3,(H,22,25)/b8-7+. The fourth-order valence-electron chi connectivity index (χ4n) is 3.25. The molecule has 2 amide bonds. The van der Waals surface area contributed by atoms with Crippen LogP contribution < -0.4 is 5.32 Å². The minimum Gasteiger partial charge on any atom is -0.465 e. The first-order valence-corrected chi connectivity index (χ1v) is 10.5. The van der Waals surface area contributed by atoms with E-state index in [-0.39, 0.29) is 24.4 Å². The lowest BCUT2D eigenvalue weighted by Gasteiger charge is -2.26. The van der Waals surface area contributed by atoms with E-state index >= 15 is 0 Å². The van der Waals surface area contributed by atoms with E-state index in [4.69, 9.17) is 9.47 Å². The number of nitro groups is 1. The predicted octanol–water partition coefficient (Wildman–Crippen LogP) is 3.61. The Morgan fingerprint density at radius 1 is 1.34 bits per heavy atom.